The zero-order valence-electron chi connectivity index (χ0n) is 13.0. The number of nitrogens with one attached hydrogen (secondary N) is 1. The van der Waals surface area contributed by atoms with Crippen molar-refractivity contribution in [2.24, 2.45) is 0 Å². The molecular weight excluding hydrogens is 328 g/mol. The minimum absolute atomic E-state index is 0.141. The molecule has 0 aromatic heterocycles. The maximum atomic E-state index is 12.8. The van der Waals surface area contributed by atoms with E-state index >= 15 is 0 Å². The van der Waals surface area contributed by atoms with Crippen molar-refractivity contribution >= 4 is 34.9 Å². The van der Waals surface area contributed by atoms with E-state index in [2.05, 4.69) is 5.32 Å². The number of rotatable bonds is 4. The maximum Gasteiger partial charge on any atom is 0.337 e. The SMILES string of the molecule is COC(=O)C1=C(Nc2ccccc2)C(=O)N(c2ccc(Cl)cc2)C1. The standard InChI is InChI=1S/C18H15ClN2O3/c1-24-18(23)15-11-21(14-9-7-12(19)8-10-14)17(22)16(15)20-13-5-3-2-4-6-13/h2-10,20H,11H2,1H3. The summed E-state index contributed by atoms with van der Waals surface area (Å²) in [4.78, 5) is 26.4. The lowest BCUT2D eigenvalue weighted by Gasteiger charge is -2.17. The minimum atomic E-state index is -0.529. The summed E-state index contributed by atoms with van der Waals surface area (Å²) in [6.07, 6.45) is 0. The number of halogens is 1. The van der Waals surface area contributed by atoms with Gasteiger partial charge in [0.1, 0.15) is 5.70 Å². The van der Waals surface area contributed by atoms with Gasteiger partial charge in [-0.25, -0.2) is 4.79 Å². The molecule has 0 saturated carbocycles. The van der Waals surface area contributed by atoms with Crippen LogP contribution in [0.2, 0.25) is 5.02 Å². The molecule has 1 amide bonds. The number of amides is 1. The molecule has 5 nitrogen and oxygen atoms in total. The lowest BCUT2D eigenvalue weighted by atomic mass is 10.2. The molecule has 1 aliphatic heterocycles. The van der Waals surface area contributed by atoms with Gasteiger partial charge in [-0.05, 0) is 36.4 Å². The molecule has 2 aromatic carbocycles. The van der Waals surface area contributed by atoms with E-state index in [0.717, 1.165) is 5.69 Å². The number of hydrogen-bond acceptors (Lipinski definition) is 4. The normalized spacial score (nSPS) is 14.1. The van der Waals surface area contributed by atoms with Crippen molar-refractivity contribution in [1.29, 1.82) is 0 Å². The van der Waals surface area contributed by atoms with Crippen molar-refractivity contribution in [3.63, 3.8) is 0 Å². The number of methoxy groups -OCH3 is 1. The highest BCUT2D eigenvalue weighted by Gasteiger charge is 2.35. The van der Waals surface area contributed by atoms with E-state index in [4.69, 9.17) is 16.3 Å². The molecule has 0 atom stereocenters. The van der Waals surface area contributed by atoms with Gasteiger partial charge < -0.3 is 15.0 Å². The molecule has 0 saturated heterocycles. The fourth-order valence-corrected chi connectivity index (χ4v) is 2.61. The van der Waals surface area contributed by atoms with Crippen molar-refractivity contribution in [3.05, 3.63) is 70.9 Å². The highest BCUT2D eigenvalue weighted by Crippen LogP contribution is 2.28. The summed E-state index contributed by atoms with van der Waals surface area (Å²) in [5.74, 6) is -0.820. The first-order chi connectivity index (χ1) is 11.6. The predicted molar refractivity (Wildman–Crippen MR) is 92.9 cm³/mol. The summed E-state index contributed by atoms with van der Waals surface area (Å²) in [6, 6.07) is 16.1. The molecule has 0 unspecified atom stereocenters. The molecule has 24 heavy (non-hydrogen) atoms. The highest BCUT2D eigenvalue weighted by atomic mass is 35.5. The Hall–Kier alpha value is -2.79. The zero-order chi connectivity index (χ0) is 17.1. The number of benzene rings is 2. The fourth-order valence-electron chi connectivity index (χ4n) is 2.49. The minimum Gasteiger partial charge on any atom is -0.466 e. The Labute approximate surface area is 144 Å². The third-order valence-corrected chi connectivity index (χ3v) is 3.94. The van der Waals surface area contributed by atoms with Crippen LogP contribution in [0.5, 0.6) is 0 Å². The van der Waals surface area contributed by atoms with E-state index in [9.17, 15) is 9.59 Å². The molecule has 2 aromatic rings. The van der Waals surface area contributed by atoms with Crippen LogP contribution in [-0.2, 0) is 14.3 Å². The summed E-state index contributed by atoms with van der Waals surface area (Å²) < 4.78 is 4.82. The summed E-state index contributed by atoms with van der Waals surface area (Å²) in [6.45, 7) is 0.141. The molecule has 0 aliphatic carbocycles. The van der Waals surface area contributed by atoms with Gasteiger partial charge in [-0.2, -0.15) is 0 Å². The molecule has 1 aliphatic rings. The van der Waals surface area contributed by atoms with Crippen molar-refractivity contribution in [2.75, 3.05) is 23.9 Å². The molecule has 3 rings (SSSR count). The van der Waals surface area contributed by atoms with Crippen LogP contribution in [0, 0.1) is 0 Å². The average molecular weight is 343 g/mol. The number of anilines is 2. The van der Waals surface area contributed by atoms with Crippen LogP contribution >= 0.6 is 11.6 Å². The first kappa shape index (κ1) is 16.1. The molecule has 1 heterocycles. The summed E-state index contributed by atoms with van der Waals surface area (Å²) in [5, 5.41) is 3.61. The number of carbonyl (C=O) groups excluding carboxylic acids is 2. The molecule has 0 bridgehead atoms. The Bertz CT molecular complexity index is 801. The molecule has 0 fully saturated rings. The summed E-state index contributed by atoms with van der Waals surface area (Å²) in [7, 11) is 1.30. The van der Waals surface area contributed by atoms with E-state index in [0.29, 0.717) is 16.3 Å². The number of esters is 1. The van der Waals surface area contributed by atoms with E-state index in [1.54, 1.807) is 24.3 Å². The predicted octanol–water partition coefficient (Wildman–Crippen LogP) is 3.23. The van der Waals surface area contributed by atoms with Gasteiger partial charge in [0.2, 0.25) is 0 Å². The van der Waals surface area contributed by atoms with Gasteiger partial charge >= 0.3 is 5.97 Å². The second-order valence-corrected chi connectivity index (χ2v) is 5.64. The summed E-state index contributed by atoms with van der Waals surface area (Å²) in [5.41, 5.74) is 1.90. The van der Waals surface area contributed by atoms with Gasteiger partial charge in [-0.15, -0.1) is 0 Å². The first-order valence-corrected chi connectivity index (χ1v) is 7.69. The average Bonchev–Trinajstić information content (AvgIpc) is 2.93. The van der Waals surface area contributed by atoms with Crippen LogP contribution in [0.1, 0.15) is 0 Å². The second-order valence-electron chi connectivity index (χ2n) is 5.20. The number of nitrogens with zero attached hydrogens (tertiary/aromatic N) is 1. The Balaban J connectivity index is 1.94. The monoisotopic (exact) mass is 342 g/mol. The van der Waals surface area contributed by atoms with Gasteiger partial charge in [0.05, 0.1) is 19.2 Å². The van der Waals surface area contributed by atoms with Crippen molar-refractivity contribution < 1.29 is 14.3 Å². The van der Waals surface area contributed by atoms with Gasteiger partial charge in [0.15, 0.2) is 0 Å². The van der Waals surface area contributed by atoms with Gasteiger partial charge in [0.25, 0.3) is 5.91 Å². The number of ether oxygens (including phenoxy) is 1. The van der Waals surface area contributed by atoms with Crippen molar-refractivity contribution in [3.8, 4) is 0 Å². The van der Waals surface area contributed by atoms with Crippen LogP contribution in [-0.4, -0.2) is 25.5 Å². The topological polar surface area (TPSA) is 58.6 Å². The van der Waals surface area contributed by atoms with Gasteiger partial charge in [-0.1, -0.05) is 29.8 Å². The van der Waals surface area contributed by atoms with E-state index in [1.807, 2.05) is 30.3 Å². The van der Waals surface area contributed by atoms with E-state index < -0.39 is 5.97 Å². The van der Waals surface area contributed by atoms with Crippen molar-refractivity contribution in [2.45, 2.75) is 0 Å². The molecule has 1 N–H and O–H groups in total. The number of hydrogen-bond donors (Lipinski definition) is 1. The fraction of sp³-hybridized carbons (Fsp3) is 0.111. The molecule has 0 spiro atoms. The van der Waals surface area contributed by atoms with Crippen molar-refractivity contribution in [1.82, 2.24) is 0 Å². The summed E-state index contributed by atoms with van der Waals surface area (Å²) >= 11 is 5.89. The van der Waals surface area contributed by atoms with Gasteiger partial charge in [0, 0.05) is 16.4 Å². The van der Waals surface area contributed by atoms with Crippen LogP contribution in [0.15, 0.2) is 65.9 Å². The first-order valence-electron chi connectivity index (χ1n) is 7.31. The van der Waals surface area contributed by atoms with Crippen LogP contribution in [0.3, 0.4) is 0 Å². The maximum absolute atomic E-state index is 12.8. The number of para-hydroxylation sites is 1. The Morgan fingerprint density at radius 3 is 2.42 bits per heavy atom. The molecular formula is C18H15ClN2O3. The zero-order valence-corrected chi connectivity index (χ0v) is 13.7. The van der Waals surface area contributed by atoms with Crippen LogP contribution in [0.4, 0.5) is 11.4 Å². The lowest BCUT2D eigenvalue weighted by Crippen LogP contribution is -2.28. The Morgan fingerprint density at radius 2 is 1.79 bits per heavy atom. The molecule has 122 valence electrons. The lowest BCUT2D eigenvalue weighted by molar-refractivity contribution is -0.136. The molecule has 0 radical (unpaired) electrons. The highest BCUT2D eigenvalue weighted by molar-refractivity contribution is 6.30. The largest absolute Gasteiger partial charge is 0.466 e. The van der Waals surface area contributed by atoms with Crippen LogP contribution < -0.4 is 10.2 Å². The number of carbonyl (C=O) groups is 2. The quantitative estimate of drug-likeness (QED) is 0.867. The van der Waals surface area contributed by atoms with Gasteiger partial charge in [-0.3, -0.25) is 4.79 Å². The smallest absolute Gasteiger partial charge is 0.337 e. The second kappa shape index (κ2) is 6.76. The third-order valence-electron chi connectivity index (χ3n) is 3.69. The van der Waals surface area contributed by atoms with E-state index in [-0.39, 0.29) is 18.1 Å². The molecule has 6 heteroatoms. The Morgan fingerprint density at radius 1 is 1.12 bits per heavy atom. The Kier molecular flexibility index (Phi) is 4.53. The third kappa shape index (κ3) is 3.12. The van der Waals surface area contributed by atoms with E-state index in [1.165, 1.54) is 12.0 Å². The van der Waals surface area contributed by atoms with Crippen LogP contribution in [0.25, 0.3) is 0 Å².